The third kappa shape index (κ3) is 4.42. The van der Waals surface area contributed by atoms with E-state index in [1.54, 1.807) is 13.2 Å². The average Bonchev–Trinajstić information content (AvgIpc) is 2.29. The molecule has 94 valence electrons. The van der Waals surface area contributed by atoms with Gasteiger partial charge in [0.05, 0.1) is 19.4 Å². The summed E-state index contributed by atoms with van der Waals surface area (Å²) in [6, 6.07) is 5.57. The standard InChI is InChI=1S/C12H18N2O3/c1-9(16)14-11-7-10(8-13-5-6-15)3-4-12(11)17-2/h3-4,7,13,15H,5-6,8H2,1-2H3,(H,14,16). The molecule has 0 fully saturated rings. The minimum atomic E-state index is -0.135. The molecular weight excluding hydrogens is 220 g/mol. The fourth-order valence-electron chi connectivity index (χ4n) is 1.46. The van der Waals surface area contributed by atoms with E-state index in [1.165, 1.54) is 6.92 Å². The van der Waals surface area contributed by atoms with Gasteiger partial charge in [0.2, 0.25) is 5.91 Å². The molecular formula is C12H18N2O3. The van der Waals surface area contributed by atoms with Gasteiger partial charge in [-0.15, -0.1) is 0 Å². The number of benzene rings is 1. The lowest BCUT2D eigenvalue weighted by molar-refractivity contribution is -0.114. The molecule has 1 aromatic rings. The molecule has 0 saturated heterocycles. The molecule has 1 rings (SSSR count). The van der Waals surface area contributed by atoms with Crippen molar-refractivity contribution in [2.45, 2.75) is 13.5 Å². The van der Waals surface area contributed by atoms with Crippen LogP contribution in [0.1, 0.15) is 12.5 Å². The van der Waals surface area contributed by atoms with Crippen LogP contribution in [0.2, 0.25) is 0 Å². The predicted octanol–water partition coefficient (Wildman–Crippen LogP) is 0.736. The molecule has 0 saturated carbocycles. The van der Waals surface area contributed by atoms with Gasteiger partial charge in [0, 0.05) is 20.0 Å². The largest absolute Gasteiger partial charge is 0.495 e. The van der Waals surface area contributed by atoms with Gasteiger partial charge in [-0.2, -0.15) is 0 Å². The Morgan fingerprint density at radius 2 is 2.24 bits per heavy atom. The Kier molecular flexibility index (Phi) is 5.45. The molecule has 0 aliphatic heterocycles. The minimum absolute atomic E-state index is 0.106. The molecule has 17 heavy (non-hydrogen) atoms. The van der Waals surface area contributed by atoms with Gasteiger partial charge in [-0.05, 0) is 17.7 Å². The number of nitrogens with one attached hydrogen (secondary N) is 2. The molecule has 1 aromatic carbocycles. The van der Waals surface area contributed by atoms with Crippen molar-refractivity contribution >= 4 is 11.6 Å². The average molecular weight is 238 g/mol. The lowest BCUT2D eigenvalue weighted by atomic mass is 10.2. The number of rotatable bonds is 6. The summed E-state index contributed by atoms with van der Waals surface area (Å²) in [5.74, 6) is 0.495. The number of anilines is 1. The van der Waals surface area contributed by atoms with E-state index in [1.807, 2.05) is 12.1 Å². The van der Waals surface area contributed by atoms with Crippen molar-refractivity contribution in [3.05, 3.63) is 23.8 Å². The summed E-state index contributed by atoms with van der Waals surface area (Å²) in [5, 5.41) is 14.4. The molecule has 0 spiro atoms. The van der Waals surface area contributed by atoms with E-state index in [9.17, 15) is 4.79 Å². The van der Waals surface area contributed by atoms with E-state index in [0.717, 1.165) is 5.56 Å². The summed E-state index contributed by atoms with van der Waals surface area (Å²) in [5.41, 5.74) is 1.67. The maximum atomic E-state index is 11.0. The van der Waals surface area contributed by atoms with Crippen LogP contribution < -0.4 is 15.4 Å². The van der Waals surface area contributed by atoms with Crippen molar-refractivity contribution in [2.75, 3.05) is 25.6 Å². The van der Waals surface area contributed by atoms with Crippen molar-refractivity contribution in [1.29, 1.82) is 0 Å². The van der Waals surface area contributed by atoms with Crippen molar-refractivity contribution in [1.82, 2.24) is 5.32 Å². The highest BCUT2D eigenvalue weighted by Crippen LogP contribution is 2.25. The lowest BCUT2D eigenvalue weighted by Gasteiger charge is -2.11. The molecule has 0 heterocycles. The fraction of sp³-hybridized carbons (Fsp3) is 0.417. The van der Waals surface area contributed by atoms with Crippen LogP contribution in [0.15, 0.2) is 18.2 Å². The molecule has 0 radical (unpaired) electrons. The monoisotopic (exact) mass is 238 g/mol. The van der Waals surface area contributed by atoms with Crippen LogP contribution in [0.5, 0.6) is 5.75 Å². The third-order valence-electron chi connectivity index (χ3n) is 2.19. The van der Waals surface area contributed by atoms with Gasteiger partial charge in [-0.1, -0.05) is 6.07 Å². The van der Waals surface area contributed by atoms with Crippen molar-refractivity contribution < 1.29 is 14.6 Å². The van der Waals surface area contributed by atoms with Crippen LogP contribution in [0, 0.1) is 0 Å². The summed E-state index contributed by atoms with van der Waals surface area (Å²) < 4.78 is 5.15. The SMILES string of the molecule is COc1ccc(CNCCO)cc1NC(C)=O. The molecule has 5 nitrogen and oxygen atoms in total. The van der Waals surface area contributed by atoms with Gasteiger partial charge < -0.3 is 20.5 Å². The van der Waals surface area contributed by atoms with E-state index in [2.05, 4.69) is 10.6 Å². The number of aliphatic hydroxyl groups is 1. The number of carbonyl (C=O) groups excluding carboxylic acids is 1. The normalized spacial score (nSPS) is 10.1. The number of carbonyl (C=O) groups is 1. The smallest absolute Gasteiger partial charge is 0.221 e. The molecule has 0 unspecified atom stereocenters. The first-order valence-corrected chi connectivity index (χ1v) is 5.43. The Bertz CT molecular complexity index is 380. The van der Waals surface area contributed by atoms with Crippen LogP contribution in [0.25, 0.3) is 0 Å². The zero-order valence-corrected chi connectivity index (χ0v) is 10.1. The number of aliphatic hydroxyl groups excluding tert-OH is 1. The number of hydrogen-bond acceptors (Lipinski definition) is 4. The molecule has 0 aliphatic rings. The summed E-state index contributed by atoms with van der Waals surface area (Å²) in [4.78, 5) is 11.0. The Hall–Kier alpha value is -1.59. The topological polar surface area (TPSA) is 70.6 Å². The number of methoxy groups -OCH3 is 1. The molecule has 0 aromatic heterocycles. The van der Waals surface area contributed by atoms with E-state index in [-0.39, 0.29) is 12.5 Å². The number of amides is 1. The summed E-state index contributed by atoms with van der Waals surface area (Å²) in [6.45, 7) is 2.74. The molecule has 5 heteroatoms. The van der Waals surface area contributed by atoms with E-state index in [4.69, 9.17) is 9.84 Å². The predicted molar refractivity (Wildman–Crippen MR) is 66.1 cm³/mol. The zero-order chi connectivity index (χ0) is 12.7. The zero-order valence-electron chi connectivity index (χ0n) is 10.1. The van der Waals surface area contributed by atoms with E-state index in [0.29, 0.717) is 24.5 Å². The van der Waals surface area contributed by atoms with Crippen molar-refractivity contribution in [2.24, 2.45) is 0 Å². The van der Waals surface area contributed by atoms with Gasteiger partial charge in [0.25, 0.3) is 0 Å². The van der Waals surface area contributed by atoms with Gasteiger partial charge >= 0.3 is 0 Å². The summed E-state index contributed by atoms with van der Waals surface area (Å²) >= 11 is 0. The molecule has 1 amide bonds. The molecule has 0 aliphatic carbocycles. The first kappa shape index (κ1) is 13.5. The summed E-state index contributed by atoms with van der Waals surface area (Å²) in [7, 11) is 1.56. The maximum absolute atomic E-state index is 11.0. The lowest BCUT2D eigenvalue weighted by Crippen LogP contribution is -2.17. The van der Waals surface area contributed by atoms with Crippen LogP contribution in [0.3, 0.4) is 0 Å². The summed E-state index contributed by atoms with van der Waals surface area (Å²) in [6.07, 6.45) is 0. The van der Waals surface area contributed by atoms with Crippen LogP contribution in [-0.4, -0.2) is 31.3 Å². The van der Waals surface area contributed by atoms with Crippen LogP contribution in [-0.2, 0) is 11.3 Å². The molecule has 0 atom stereocenters. The first-order valence-electron chi connectivity index (χ1n) is 5.43. The van der Waals surface area contributed by atoms with Crippen LogP contribution >= 0.6 is 0 Å². The Morgan fingerprint density at radius 1 is 1.47 bits per heavy atom. The third-order valence-corrected chi connectivity index (χ3v) is 2.19. The fourth-order valence-corrected chi connectivity index (χ4v) is 1.46. The van der Waals surface area contributed by atoms with Gasteiger partial charge in [-0.3, -0.25) is 4.79 Å². The van der Waals surface area contributed by atoms with Crippen molar-refractivity contribution in [3.63, 3.8) is 0 Å². The first-order chi connectivity index (χ1) is 8.17. The van der Waals surface area contributed by atoms with Crippen LogP contribution in [0.4, 0.5) is 5.69 Å². The minimum Gasteiger partial charge on any atom is -0.495 e. The van der Waals surface area contributed by atoms with E-state index >= 15 is 0 Å². The molecule has 3 N–H and O–H groups in total. The number of ether oxygens (including phenoxy) is 1. The highest BCUT2D eigenvalue weighted by atomic mass is 16.5. The van der Waals surface area contributed by atoms with Gasteiger partial charge in [0.15, 0.2) is 0 Å². The second kappa shape index (κ2) is 6.88. The second-order valence-electron chi connectivity index (χ2n) is 3.62. The highest BCUT2D eigenvalue weighted by molar-refractivity contribution is 5.90. The quantitative estimate of drug-likeness (QED) is 0.639. The Balaban J connectivity index is 2.77. The van der Waals surface area contributed by atoms with Crippen molar-refractivity contribution in [3.8, 4) is 5.75 Å². The van der Waals surface area contributed by atoms with E-state index < -0.39 is 0 Å². The second-order valence-corrected chi connectivity index (χ2v) is 3.62. The Labute approximate surface area is 101 Å². The Morgan fingerprint density at radius 3 is 2.82 bits per heavy atom. The number of hydrogen-bond donors (Lipinski definition) is 3. The van der Waals surface area contributed by atoms with Gasteiger partial charge in [-0.25, -0.2) is 0 Å². The highest BCUT2D eigenvalue weighted by Gasteiger charge is 2.05. The maximum Gasteiger partial charge on any atom is 0.221 e. The van der Waals surface area contributed by atoms with Gasteiger partial charge in [0.1, 0.15) is 5.75 Å². The molecule has 0 bridgehead atoms.